The van der Waals surface area contributed by atoms with Crippen LogP contribution >= 0.6 is 0 Å². The number of hydrogen-bond donors (Lipinski definition) is 0. The van der Waals surface area contributed by atoms with Gasteiger partial charge < -0.3 is 9.47 Å². The van der Waals surface area contributed by atoms with Crippen molar-refractivity contribution in [3.8, 4) is 11.8 Å². The Balaban J connectivity index is 1.27. The molecule has 0 amide bonds. The molecule has 2 rings (SSSR count). The van der Waals surface area contributed by atoms with Crippen molar-refractivity contribution in [2.24, 2.45) is 0 Å². The Bertz CT molecular complexity index is 912. The summed E-state index contributed by atoms with van der Waals surface area (Å²) in [4.78, 5) is 23.7. The van der Waals surface area contributed by atoms with Gasteiger partial charge in [-0.05, 0) is 56.4 Å². The summed E-state index contributed by atoms with van der Waals surface area (Å²) in [7, 11) is 0. The van der Waals surface area contributed by atoms with Crippen LogP contribution < -0.4 is 0 Å². The summed E-state index contributed by atoms with van der Waals surface area (Å²) in [5.74, 6) is 6.12. The number of rotatable bonds is 19. The van der Waals surface area contributed by atoms with Crippen LogP contribution in [0.15, 0.2) is 60.7 Å². The predicted molar refractivity (Wildman–Crippen MR) is 150 cm³/mol. The molecule has 200 valence electrons. The quantitative estimate of drug-likeness (QED) is 0.109. The van der Waals surface area contributed by atoms with Gasteiger partial charge in [0.05, 0.1) is 24.3 Å². The smallest absolute Gasteiger partial charge is 0.338 e. The Morgan fingerprint density at radius 1 is 0.459 bits per heavy atom. The van der Waals surface area contributed by atoms with Gasteiger partial charge in [0.15, 0.2) is 0 Å². The van der Waals surface area contributed by atoms with Crippen molar-refractivity contribution in [1.29, 1.82) is 0 Å². The van der Waals surface area contributed by atoms with Crippen LogP contribution in [0.5, 0.6) is 0 Å². The van der Waals surface area contributed by atoms with Gasteiger partial charge in [-0.25, -0.2) is 9.59 Å². The van der Waals surface area contributed by atoms with Gasteiger partial charge in [-0.1, -0.05) is 87.8 Å². The Morgan fingerprint density at radius 2 is 0.784 bits per heavy atom. The lowest BCUT2D eigenvalue weighted by molar-refractivity contribution is 0.0488. The van der Waals surface area contributed by atoms with Gasteiger partial charge in [-0.3, -0.25) is 0 Å². The summed E-state index contributed by atoms with van der Waals surface area (Å²) in [5, 5.41) is 0. The number of unbranched alkanes of at least 4 members (excludes halogenated alkanes) is 13. The maximum Gasteiger partial charge on any atom is 0.338 e. The Kier molecular flexibility index (Phi) is 17.2. The number of carbonyl (C=O) groups excluding carboxylic acids is 2. The lowest BCUT2D eigenvalue weighted by atomic mass is 10.1. The third-order valence-corrected chi connectivity index (χ3v) is 6.25. The van der Waals surface area contributed by atoms with E-state index < -0.39 is 0 Å². The van der Waals surface area contributed by atoms with Gasteiger partial charge in [0.2, 0.25) is 0 Å². The topological polar surface area (TPSA) is 52.6 Å². The minimum Gasteiger partial charge on any atom is -0.462 e. The fraction of sp³-hybridized carbons (Fsp3) is 0.515. The first-order chi connectivity index (χ1) is 18.3. The van der Waals surface area contributed by atoms with Crippen molar-refractivity contribution in [2.45, 2.75) is 96.3 Å². The largest absolute Gasteiger partial charge is 0.462 e. The highest BCUT2D eigenvalue weighted by molar-refractivity contribution is 5.89. The lowest BCUT2D eigenvalue weighted by Gasteiger charge is -2.05. The van der Waals surface area contributed by atoms with E-state index in [1.54, 1.807) is 24.3 Å². The normalized spacial score (nSPS) is 10.4. The number of hydrogen-bond acceptors (Lipinski definition) is 4. The molecule has 0 bridgehead atoms. The molecule has 0 fully saturated rings. The standard InChI is InChI=1S/C33H44O4/c34-32(30-24-18-16-19-25-30)36-28-22-14-12-10-8-6-4-2-1-3-5-7-9-11-13-15-23-29-37-33(35)31-26-20-17-21-27-31/h16-21,24-27H,1-6,8,10-15,22-23,28-29H2. The van der Waals surface area contributed by atoms with Crippen molar-refractivity contribution in [3.63, 3.8) is 0 Å². The minimum atomic E-state index is -0.240. The molecule has 2 aromatic rings. The minimum absolute atomic E-state index is 0.220. The first kappa shape index (κ1) is 30.2. The fourth-order valence-corrected chi connectivity index (χ4v) is 4.04. The van der Waals surface area contributed by atoms with Crippen LogP contribution in [0.3, 0.4) is 0 Å². The molecule has 0 aliphatic heterocycles. The average molecular weight is 505 g/mol. The van der Waals surface area contributed by atoms with E-state index in [0.717, 1.165) is 44.9 Å². The van der Waals surface area contributed by atoms with E-state index in [9.17, 15) is 9.59 Å². The van der Waals surface area contributed by atoms with Crippen LogP contribution in [0, 0.1) is 11.8 Å². The summed E-state index contributed by atoms with van der Waals surface area (Å²) >= 11 is 0. The van der Waals surface area contributed by atoms with E-state index >= 15 is 0 Å². The van der Waals surface area contributed by atoms with E-state index in [2.05, 4.69) is 11.8 Å². The summed E-state index contributed by atoms with van der Waals surface area (Å²) in [6, 6.07) is 18.3. The van der Waals surface area contributed by atoms with E-state index in [1.807, 2.05) is 36.4 Å². The number of ether oxygens (including phenoxy) is 2. The second-order valence-electron chi connectivity index (χ2n) is 9.45. The first-order valence-corrected chi connectivity index (χ1v) is 14.2. The molecule has 0 spiro atoms. The van der Waals surface area contributed by atoms with Gasteiger partial charge in [0.1, 0.15) is 0 Å². The summed E-state index contributed by atoms with van der Waals surface area (Å²) in [6.07, 6.45) is 17.2. The lowest BCUT2D eigenvalue weighted by Crippen LogP contribution is -2.06. The first-order valence-electron chi connectivity index (χ1n) is 14.2. The molecule has 2 aromatic carbocycles. The molecule has 0 aliphatic carbocycles. The Morgan fingerprint density at radius 3 is 1.19 bits per heavy atom. The molecule has 4 nitrogen and oxygen atoms in total. The molecular formula is C33H44O4. The third-order valence-electron chi connectivity index (χ3n) is 6.25. The van der Waals surface area contributed by atoms with Crippen LogP contribution in [-0.4, -0.2) is 25.2 Å². The molecule has 0 aliphatic rings. The van der Waals surface area contributed by atoms with Crippen molar-refractivity contribution >= 4 is 11.9 Å². The number of esters is 2. The molecule has 0 unspecified atom stereocenters. The van der Waals surface area contributed by atoms with Gasteiger partial charge in [-0.15, -0.1) is 11.8 Å². The molecule has 0 heterocycles. The molecule has 0 saturated heterocycles. The maximum absolute atomic E-state index is 11.8. The molecule has 0 N–H and O–H groups in total. The SMILES string of the molecule is O=C(OCCCCCC#CCCCCCCCCCCCCOC(=O)c1ccccc1)c1ccccc1. The predicted octanol–water partition coefficient (Wildman–Crippen LogP) is 8.56. The zero-order valence-corrected chi connectivity index (χ0v) is 22.4. The molecule has 4 heteroatoms. The Hall–Kier alpha value is -3.06. The highest BCUT2D eigenvalue weighted by atomic mass is 16.5. The average Bonchev–Trinajstić information content (AvgIpc) is 2.94. The second-order valence-corrected chi connectivity index (χ2v) is 9.45. The summed E-state index contributed by atoms with van der Waals surface area (Å²) in [6.45, 7) is 0.996. The Labute approximate surface area is 224 Å². The van der Waals surface area contributed by atoms with Gasteiger partial charge in [0.25, 0.3) is 0 Å². The molecule has 0 aromatic heterocycles. The van der Waals surface area contributed by atoms with Crippen LogP contribution in [0.1, 0.15) is 117 Å². The van der Waals surface area contributed by atoms with Crippen LogP contribution in [-0.2, 0) is 9.47 Å². The molecule has 37 heavy (non-hydrogen) atoms. The van der Waals surface area contributed by atoms with Crippen molar-refractivity contribution in [1.82, 2.24) is 0 Å². The van der Waals surface area contributed by atoms with Gasteiger partial charge in [-0.2, -0.15) is 0 Å². The third kappa shape index (κ3) is 15.6. The molecule has 0 atom stereocenters. The van der Waals surface area contributed by atoms with Crippen LogP contribution in [0.2, 0.25) is 0 Å². The van der Waals surface area contributed by atoms with E-state index in [4.69, 9.17) is 9.47 Å². The van der Waals surface area contributed by atoms with Crippen molar-refractivity contribution < 1.29 is 19.1 Å². The summed E-state index contributed by atoms with van der Waals surface area (Å²) < 4.78 is 10.6. The van der Waals surface area contributed by atoms with Crippen LogP contribution in [0.25, 0.3) is 0 Å². The number of benzene rings is 2. The molecule has 0 radical (unpaired) electrons. The zero-order valence-electron chi connectivity index (χ0n) is 22.4. The maximum atomic E-state index is 11.8. The van der Waals surface area contributed by atoms with Crippen LogP contribution in [0.4, 0.5) is 0 Å². The number of carbonyl (C=O) groups is 2. The molecule has 0 saturated carbocycles. The highest BCUT2D eigenvalue weighted by Crippen LogP contribution is 2.12. The van der Waals surface area contributed by atoms with E-state index in [0.29, 0.717) is 24.3 Å². The zero-order chi connectivity index (χ0) is 26.2. The molecular weight excluding hydrogens is 460 g/mol. The van der Waals surface area contributed by atoms with Gasteiger partial charge >= 0.3 is 11.9 Å². The summed E-state index contributed by atoms with van der Waals surface area (Å²) in [5.41, 5.74) is 1.24. The second kappa shape index (κ2) is 21.1. The van der Waals surface area contributed by atoms with Crippen molar-refractivity contribution in [3.05, 3.63) is 71.8 Å². The van der Waals surface area contributed by atoms with E-state index in [-0.39, 0.29) is 11.9 Å². The van der Waals surface area contributed by atoms with Gasteiger partial charge in [0, 0.05) is 12.8 Å². The monoisotopic (exact) mass is 504 g/mol. The van der Waals surface area contributed by atoms with E-state index in [1.165, 1.54) is 51.4 Å². The van der Waals surface area contributed by atoms with Crippen molar-refractivity contribution in [2.75, 3.05) is 13.2 Å². The fourth-order valence-electron chi connectivity index (χ4n) is 4.04. The highest BCUT2D eigenvalue weighted by Gasteiger charge is 2.05.